The molecule has 3 aliphatic heterocycles. The number of aliphatic carboxylic acids is 1. The summed E-state index contributed by atoms with van der Waals surface area (Å²) in [5.41, 5.74) is 1.91. The molecule has 456 valence electrons. The van der Waals surface area contributed by atoms with Crippen LogP contribution in [0.1, 0.15) is 101 Å². The van der Waals surface area contributed by atoms with Gasteiger partial charge in [0.1, 0.15) is 24.7 Å². The number of para-hydroxylation sites is 1. The van der Waals surface area contributed by atoms with Gasteiger partial charge in [0.2, 0.25) is 17.4 Å². The predicted octanol–water partition coefficient (Wildman–Crippen LogP) is 4.20. The fourth-order valence-corrected chi connectivity index (χ4v) is 12.1. The van der Waals surface area contributed by atoms with E-state index in [1.54, 1.807) is 74.7 Å². The van der Waals surface area contributed by atoms with Crippen molar-refractivity contribution in [2.45, 2.75) is 121 Å². The van der Waals surface area contributed by atoms with E-state index in [9.17, 15) is 51.9 Å². The number of rotatable bonds is 21. The SMILES string of the molecule is CCCCNC(=O)Nc1cccc(S(=O)(=O)Nc2cccc(C(CC(=O)O)NC(=O)Nc3ccc(NC(=S)N[C@@H](C)C(=O)N4CCC[C@H]4C(=O)N[C@H](C(=O)O[C@]4(CC)C(=O)OCc5c4cc4n(c5=O)Cc5cc6ccccc6nc5-4)C(C)C)cc3)c2)c1.[Na+]. The molecule has 6 aromatic rings. The van der Waals surface area contributed by atoms with Crippen LogP contribution in [0, 0.1) is 5.92 Å². The monoisotopic (exact) mass is 1250 g/mol. The van der Waals surface area contributed by atoms with E-state index in [1.807, 2.05) is 37.3 Å². The van der Waals surface area contributed by atoms with E-state index >= 15 is 0 Å². The van der Waals surface area contributed by atoms with Gasteiger partial charge in [0.05, 0.1) is 46.4 Å². The van der Waals surface area contributed by atoms with Crippen LogP contribution in [0.3, 0.4) is 0 Å². The molecule has 0 saturated carbocycles. The standard InChI is InChI=1S/C61H67N11O13S2.Na/c1-6-8-25-62-58(80)65-41-16-12-18-43(29-41)87(82,83)70-42-17-11-15-37(28-42)47(31-50(73)74)68-59(81)64-39-21-23-40(24-22-39)66-60(86)63-35(5)54(76)71-26-13-20-48(71)53(75)69-51(34(3)4)56(78)85-61(7-2)45-30-49-52-38(27-36-14-9-10-19-46(36)67-52)32-72(49)55(77)44(45)33-84-57(61)79;/h9-12,14-19,21-24,27-30,34-35,47-48,51,70H,6-8,13,20,25-26,31-33H2,1-5H3,(H,69,75)(H,73,74)(H2,62,65,80)(H2,63,66,86)(H2,64,68,81);/q;+1/t35-,47?,48-,51-,61-;/m0./s1. The van der Waals surface area contributed by atoms with Crippen molar-refractivity contribution in [3.05, 3.63) is 142 Å². The number of amides is 6. The van der Waals surface area contributed by atoms with Gasteiger partial charge < -0.3 is 61.3 Å². The number of nitrogens with one attached hydrogen (secondary N) is 8. The first-order chi connectivity index (χ1) is 41.6. The second-order valence-electron chi connectivity index (χ2n) is 21.7. The Hall–Kier alpha value is -8.43. The van der Waals surface area contributed by atoms with E-state index < -0.39 is 99.5 Å². The molecule has 27 heteroatoms. The van der Waals surface area contributed by atoms with E-state index in [4.69, 9.17) is 26.7 Å². The number of unbranched alkanes of at least 4 members (excludes halogenated alkanes) is 1. The van der Waals surface area contributed by atoms with E-state index in [0.29, 0.717) is 42.1 Å². The van der Waals surface area contributed by atoms with Gasteiger partial charge in [0, 0.05) is 52.4 Å². The van der Waals surface area contributed by atoms with E-state index in [2.05, 4.69) is 41.9 Å². The summed E-state index contributed by atoms with van der Waals surface area (Å²) in [6.07, 6.45) is 1.80. The number of aromatic nitrogens is 2. The zero-order valence-corrected chi connectivity index (χ0v) is 53.0. The van der Waals surface area contributed by atoms with Crippen molar-refractivity contribution in [2.24, 2.45) is 5.92 Å². The minimum Gasteiger partial charge on any atom is -0.481 e. The van der Waals surface area contributed by atoms with Gasteiger partial charge in [-0.1, -0.05) is 70.5 Å². The summed E-state index contributed by atoms with van der Waals surface area (Å²) >= 11 is 5.55. The Bertz CT molecular complexity index is 3890. The maximum absolute atomic E-state index is 14.4. The molecule has 0 bridgehead atoms. The minimum atomic E-state index is -4.19. The van der Waals surface area contributed by atoms with Crippen LogP contribution < -0.4 is 77.1 Å². The first kappa shape index (κ1) is 65.5. The number of carbonyl (C=O) groups is 7. The number of carboxylic acids is 1. The number of carboxylic acid groups (broad SMARTS) is 1. The number of cyclic esters (lactones) is 1. The topological polar surface area (TPSA) is 327 Å². The van der Waals surface area contributed by atoms with Gasteiger partial charge >= 0.3 is 59.5 Å². The van der Waals surface area contributed by atoms with E-state index in [0.717, 1.165) is 29.3 Å². The van der Waals surface area contributed by atoms with Gasteiger partial charge in [-0.05, 0) is 129 Å². The number of urea groups is 2. The molecule has 1 fully saturated rings. The number of likely N-dealkylation sites (tertiary alicyclic amines) is 1. The summed E-state index contributed by atoms with van der Waals surface area (Å²) < 4.78 is 42.7. The molecule has 0 spiro atoms. The van der Waals surface area contributed by atoms with Crippen LogP contribution in [-0.2, 0) is 62.2 Å². The van der Waals surface area contributed by atoms with Crippen molar-refractivity contribution >= 4 is 103 Å². The van der Waals surface area contributed by atoms with Crippen LogP contribution in [-0.4, -0.2) is 106 Å². The van der Waals surface area contributed by atoms with Crippen LogP contribution in [0.25, 0.3) is 22.3 Å². The molecule has 5 atom stereocenters. The zero-order valence-electron chi connectivity index (χ0n) is 49.4. The van der Waals surface area contributed by atoms with Gasteiger partial charge in [-0.2, -0.15) is 0 Å². The molecule has 9 rings (SSSR count). The summed E-state index contributed by atoms with van der Waals surface area (Å²) in [6, 6.07) is 23.5. The first-order valence-electron chi connectivity index (χ1n) is 28.5. The second-order valence-corrected chi connectivity index (χ2v) is 23.8. The number of thiocarbonyl (C=S) groups is 1. The smallest absolute Gasteiger partial charge is 0.481 e. The fourth-order valence-electron chi connectivity index (χ4n) is 10.8. The molecule has 2 aromatic heterocycles. The predicted molar refractivity (Wildman–Crippen MR) is 328 cm³/mol. The number of esters is 2. The summed E-state index contributed by atoms with van der Waals surface area (Å²) in [4.78, 5) is 114. The number of hydrogen-bond donors (Lipinski definition) is 9. The molecule has 0 aliphatic carbocycles. The quantitative estimate of drug-likeness (QED) is 0.0211. The number of anilines is 4. The van der Waals surface area contributed by atoms with Crippen molar-refractivity contribution < 1.29 is 86.1 Å². The maximum Gasteiger partial charge on any atom is 1.00 e. The minimum absolute atomic E-state index is 0. The second kappa shape index (κ2) is 28.2. The fraction of sp³-hybridized carbons (Fsp3) is 0.344. The molecule has 9 N–H and O–H groups in total. The van der Waals surface area contributed by atoms with Gasteiger partial charge in [-0.25, -0.2) is 32.6 Å². The Morgan fingerprint density at radius 1 is 0.830 bits per heavy atom. The molecule has 1 unspecified atom stereocenters. The molecule has 1 saturated heterocycles. The number of sulfonamides is 1. The average molecular weight is 1250 g/mol. The van der Waals surface area contributed by atoms with Crippen molar-refractivity contribution in [1.82, 2.24) is 35.7 Å². The third-order valence-electron chi connectivity index (χ3n) is 15.3. The zero-order chi connectivity index (χ0) is 62.3. The van der Waals surface area contributed by atoms with Gasteiger partial charge in [-0.15, -0.1) is 0 Å². The summed E-state index contributed by atoms with van der Waals surface area (Å²) in [5.74, 6) is -4.64. The number of benzene rings is 4. The van der Waals surface area contributed by atoms with Gasteiger partial charge in [0.25, 0.3) is 15.6 Å². The molecular formula is C61H67N11NaO13S2+. The Balaban J connectivity index is 0.0000100. The molecule has 24 nitrogen and oxygen atoms in total. The summed E-state index contributed by atoms with van der Waals surface area (Å²) in [6.45, 7) is 9.23. The molecule has 88 heavy (non-hydrogen) atoms. The van der Waals surface area contributed by atoms with Crippen molar-refractivity contribution in [2.75, 3.05) is 33.8 Å². The molecule has 6 amide bonds. The first-order valence-corrected chi connectivity index (χ1v) is 30.4. The van der Waals surface area contributed by atoms with E-state index in [1.165, 1.54) is 41.3 Å². The molecule has 0 radical (unpaired) electrons. The Morgan fingerprint density at radius 2 is 1.53 bits per heavy atom. The Morgan fingerprint density at radius 3 is 2.25 bits per heavy atom. The number of nitrogens with zero attached hydrogens (tertiary/aromatic N) is 3. The Labute approximate surface area is 535 Å². The van der Waals surface area contributed by atoms with Crippen LogP contribution in [0.4, 0.5) is 32.3 Å². The largest absolute Gasteiger partial charge is 1.00 e. The summed E-state index contributed by atoms with van der Waals surface area (Å²) in [5, 5.41) is 30.1. The number of ether oxygens (including phenoxy) is 2. The van der Waals surface area contributed by atoms with Crippen LogP contribution in [0.5, 0.6) is 0 Å². The third-order valence-corrected chi connectivity index (χ3v) is 16.9. The maximum atomic E-state index is 14.4. The van der Waals surface area contributed by atoms with Gasteiger partial charge in [-0.3, -0.25) is 23.9 Å². The number of carbonyl (C=O) groups excluding carboxylic acids is 6. The Kier molecular flexibility index (Phi) is 21.0. The van der Waals surface area contributed by atoms with Gasteiger partial charge in [0.15, 0.2) is 5.11 Å². The number of hydrogen-bond acceptors (Lipinski definition) is 14. The van der Waals surface area contributed by atoms with Crippen LogP contribution in [0.2, 0.25) is 0 Å². The molecule has 4 aromatic carbocycles. The van der Waals surface area contributed by atoms with Crippen LogP contribution in [0.15, 0.2) is 119 Å². The number of pyridine rings is 2. The third kappa shape index (κ3) is 14.8. The average Bonchev–Trinajstić information content (AvgIpc) is 1.41. The summed E-state index contributed by atoms with van der Waals surface area (Å²) in [7, 11) is -4.19. The van der Waals surface area contributed by atoms with Crippen molar-refractivity contribution in [3.8, 4) is 11.4 Å². The van der Waals surface area contributed by atoms with Crippen molar-refractivity contribution in [3.63, 3.8) is 0 Å². The van der Waals surface area contributed by atoms with E-state index in [-0.39, 0.29) is 93.7 Å². The molecular weight excluding hydrogens is 1180 g/mol. The normalized spacial score (nSPS) is 16.6. The number of fused-ring (bicyclic) bond motifs is 5. The van der Waals surface area contributed by atoms with Crippen molar-refractivity contribution in [1.29, 1.82) is 0 Å². The molecule has 5 heterocycles. The molecule has 3 aliphatic rings. The van der Waals surface area contributed by atoms with Crippen LogP contribution >= 0.6 is 12.2 Å².